The minimum atomic E-state index is 0.114. The number of carbonyl (C=O) groups is 1. The van der Waals surface area contributed by atoms with Crippen molar-refractivity contribution in [3.05, 3.63) is 23.0 Å². The van der Waals surface area contributed by atoms with Gasteiger partial charge in [0.25, 0.3) is 5.91 Å². The van der Waals surface area contributed by atoms with Crippen LogP contribution >= 0.6 is 11.6 Å². The summed E-state index contributed by atoms with van der Waals surface area (Å²) in [5, 5.41) is 3.96. The number of hydrogen-bond donors (Lipinski definition) is 1. The van der Waals surface area contributed by atoms with E-state index in [1.54, 1.807) is 6.07 Å². The molecular formula is C13H18ClN3O. The molecule has 0 radical (unpaired) electrons. The van der Waals surface area contributed by atoms with Crippen LogP contribution in [0.4, 0.5) is 0 Å². The summed E-state index contributed by atoms with van der Waals surface area (Å²) in [5.74, 6) is 0.114. The Morgan fingerprint density at radius 2 is 2.28 bits per heavy atom. The van der Waals surface area contributed by atoms with Gasteiger partial charge in [-0.1, -0.05) is 11.6 Å². The Hall–Kier alpha value is -1.00. The predicted molar refractivity (Wildman–Crippen MR) is 71.1 cm³/mol. The minimum Gasteiger partial charge on any atom is -0.339 e. The highest BCUT2D eigenvalue weighted by molar-refractivity contribution is 6.31. The number of nitrogens with one attached hydrogen (secondary N) is 1. The molecule has 4 nitrogen and oxygen atoms in total. The van der Waals surface area contributed by atoms with E-state index in [4.69, 9.17) is 11.6 Å². The number of amides is 1. The van der Waals surface area contributed by atoms with Gasteiger partial charge in [0, 0.05) is 37.9 Å². The van der Waals surface area contributed by atoms with Gasteiger partial charge in [-0.25, -0.2) is 0 Å². The van der Waals surface area contributed by atoms with Crippen molar-refractivity contribution in [2.24, 2.45) is 0 Å². The SMILES string of the molecule is CC1CNCCN1C(=O)c1cc(Cl)cn1C1CC1. The van der Waals surface area contributed by atoms with Crippen molar-refractivity contribution >= 4 is 17.5 Å². The molecule has 1 aromatic rings. The van der Waals surface area contributed by atoms with Crippen LogP contribution in [0.3, 0.4) is 0 Å². The fourth-order valence-electron chi connectivity index (χ4n) is 2.56. The normalized spacial score (nSPS) is 24.3. The zero-order valence-electron chi connectivity index (χ0n) is 10.5. The number of piperazine rings is 1. The van der Waals surface area contributed by atoms with E-state index in [2.05, 4.69) is 16.8 Å². The number of halogens is 1. The molecular weight excluding hydrogens is 250 g/mol. The molecule has 1 N–H and O–H groups in total. The van der Waals surface area contributed by atoms with E-state index in [1.165, 1.54) is 0 Å². The highest BCUT2D eigenvalue weighted by Gasteiger charge is 2.31. The van der Waals surface area contributed by atoms with Crippen LogP contribution in [0.2, 0.25) is 5.02 Å². The summed E-state index contributed by atoms with van der Waals surface area (Å²) in [7, 11) is 0. The highest BCUT2D eigenvalue weighted by Crippen LogP contribution is 2.37. The zero-order chi connectivity index (χ0) is 12.7. The molecule has 3 rings (SSSR count). The number of carbonyl (C=O) groups excluding carboxylic acids is 1. The van der Waals surface area contributed by atoms with Crippen LogP contribution in [0.25, 0.3) is 0 Å². The fraction of sp³-hybridized carbons (Fsp3) is 0.615. The first kappa shape index (κ1) is 12.1. The van der Waals surface area contributed by atoms with Crippen LogP contribution in [0, 0.1) is 0 Å². The van der Waals surface area contributed by atoms with E-state index in [1.807, 2.05) is 11.1 Å². The maximum Gasteiger partial charge on any atom is 0.270 e. The molecule has 5 heteroatoms. The van der Waals surface area contributed by atoms with Gasteiger partial charge in [0.1, 0.15) is 5.69 Å². The molecule has 2 heterocycles. The van der Waals surface area contributed by atoms with Crippen LogP contribution in [-0.2, 0) is 0 Å². The van der Waals surface area contributed by atoms with Crippen LogP contribution in [0.1, 0.15) is 36.3 Å². The van der Waals surface area contributed by atoms with Gasteiger partial charge >= 0.3 is 0 Å². The Bertz CT molecular complexity index is 467. The predicted octanol–water partition coefficient (Wildman–Crippen LogP) is 1.91. The second kappa shape index (κ2) is 4.59. The van der Waals surface area contributed by atoms with Crippen molar-refractivity contribution in [2.75, 3.05) is 19.6 Å². The summed E-state index contributed by atoms with van der Waals surface area (Å²) in [6, 6.07) is 2.53. The van der Waals surface area contributed by atoms with E-state index >= 15 is 0 Å². The monoisotopic (exact) mass is 267 g/mol. The number of aromatic nitrogens is 1. The van der Waals surface area contributed by atoms with Crippen molar-refractivity contribution in [3.63, 3.8) is 0 Å². The van der Waals surface area contributed by atoms with E-state index in [9.17, 15) is 4.79 Å². The third-order valence-corrected chi connectivity index (χ3v) is 3.94. The number of nitrogens with zero attached hydrogens (tertiary/aromatic N) is 2. The average Bonchev–Trinajstić information content (AvgIpc) is 3.12. The maximum atomic E-state index is 12.6. The lowest BCUT2D eigenvalue weighted by molar-refractivity contribution is 0.0644. The average molecular weight is 268 g/mol. The molecule has 2 fully saturated rings. The van der Waals surface area contributed by atoms with Crippen molar-refractivity contribution in [1.29, 1.82) is 0 Å². The first-order valence-electron chi connectivity index (χ1n) is 6.56. The van der Waals surface area contributed by atoms with Gasteiger partial charge < -0.3 is 14.8 Å². The highest BCUT2D eigenvalue weighted by atomic mass is 35.5. The molecule has 1 amide bonds. The molecule has 18 heavy (non-hydrogen) atoms. The summed E-state index contributed by atoms with van der Waals surface area (Å²) in [6.45, 7) is 4.58. The van der Waals surface area contributed by atoms with Crippen molar-refractivity contribution in [2.45, 2.75) is 31.8 Å². The van der Waals surface area contributed by atoms with Gasteiger partial charge in [0.2, 0.25) is 0 Å². The minimum absolute atomic E-state index is 0.114. The Morgan fingerprint density at radius 3 is 2.94 bits per heavy atom. The molecule has 98 valence electrons. The maximum absolute atomic E-state index is 12.6. The second-order valence-electron chi connectivity index (χ2n) is 5.23. The topological polar surface area (TPSA) is 37.3 Å². The van der Waals surface area contributed by atoms with Crippen LogP contribution in [-0.4, -0.2) is 41.1 Å². The van der Waals surface area contributed by atoms with Crippen LogP contribution < -0.4 is 5.32 Å². The van der Waals surface area contributed by atoms with E-state index in [0.717, 1.165) is 38.2 Å². The standard InChI is InChI=1S/C13H18ClN3O/c1-9-7-15-4-5-16(9)13(18)12-6-10(14)8-17(12)11-2-3-11/h6,8-9,11,15H,2-5,7H2,1H3. The molecule has 1 atom stereocenters. The third kappa shape index (κ3) is 2.15. The first-order chi connectivity index (χ1) is 8.66. The first-order valence-corrected chi connectivity index (χ1v) is 6.93. The fourth-order valence-corrected chi connectivity index (χ4v) is 2.77. The molecule has 1 saturated carbocycles. The Kier molecular flexibility index (Phi) is 3.08. The van der Waals surface area contributed by atoms with Gasteiger partial charge in [-0.15, -0.1) is 0 Å². The third-order valence-electron chi connectivity index (χ3n) is 3.74. The summed E-state index contributed by atoms with van der Waals surface area (Å²) in [5.41, 5.74) is 0.747. The largest absolute Gasteiger partial charge is 0.339 e. The van der Waals surface area contributed by atoms with Crippen LogP contribution in [0.15, 0.2) is 12.3 Å². The summed E-state index contributed by atoms with van der Waals surface area (Å²) >= 11 is 6.05. The molecule has 0 spiro atoms. The van der Waals surface area contributed by atoms with Crippen LogP contribution in [0.5, 0.6) is 0 Å². The van der Waals surface area contributed by atoms with E-state index in [-0.39, 0.29) is 11.9 Å². The van der Waals surface area contributed by atoms with E-state index < -0.39 is 0 Å². The quantitative estimate of drug-likeness (QED) is 0.889. The lowest BCUT2D eigenvalue weighted by atomic mass is 10.2. The van der Waals surface area contributed by atoms with Crippen molar-refractivity contribution in [3.8, 4) is 0 Å². The van der Waals surface area contributed by atoms with Crippen molar-refractivity contribution in [1.82, 2.24) is 14.8 Å². The number of hydrogen-bond acceptors (Lipinski definition) is 2. The Morgan fingerprint density at radius 1 is 1.50 bits per heavy atom. The summed E-state index contributed by atoms with van der Waals surface area (Å²) < 4.78 is 2.05. The zero-order valence-corrected chi connectivity index (χ0v) is 11.3. The number of rotatable bonds is 2. The summed E-state index contributed by atoms with van der Waals surface area (Å²) in [6.07, 6.45) is 4.20. The van der Waals surface area contributed by atoms with E-state index in [0.29, 0.717) is 11.1 Å². The summed E-state index contributed by atoms with van der Waals surface area (Å²) in [4.78, 5) is 14.5. The molecule has 1 aromatic heterocycles. The van der Waals surface area contributed by atoms with Gasteiger partial charge in [0.05, 0.1) is 5.02 Å². The molecule has 2 aliphatic rings. The van der Waals surface area contributed by atoms with Gasteiger partial charge in [-0.05, 0) is 25.8 Å². The molecule has 1 saturated heterocycles. The Balaban J connectivity index is 1.86. The molecule has 1 unspecified atom stereocenters. The van der Waals surface area contributed by atoms with Gasteiger partial charge in [-0.3, -0.25) is 4.79 Å². The molecule has 1 aliphatic carbocycles. The molecule has 0 bridgehead atoms. The molecule has 0 aromatic carbocycles. The van der Waals surface area contributed by atoms with Gasteiger partial charge in [0.15, 0.2) is 0 Å². The lowest BCUT2D eigenvalue weighted by Crippen LogP contribution is -2.52. The molecule has 1 aliphatic heterocycles. The smallest absolute Gasteiger partial charge is 0.270 e. The lowest BCUT2D eigenvalue weighted by Gasteiger charge is -2.34. The second-order valence-corrected chi connectivity index (χ2v) is 5.67. The van der Waals surface area contributed by atoms with Gasteiger partial charge in [-0.2, -0.15) is 0 Å². The Labute approximate surface area is 112 Å². The van der Waals surface area contributed by atoms with Crippen molar-refractivity contribution < 1.29 is 4.79 Å².